The molecule has 0 aliphatic rings. The van der Waals surface area contributed by atoms with Crippen molar-refractivity contribution in [2.24, 2.45) is 5.73 Å². The lowest BCUT2D eigenvalue weighted by atomic mass is 10.0. The third-order valence-electron chi connectivity index (χ3n) is 2.62. The number of benzene rings is 1. The van der Waals surface area contributed by atoms with Crippen molar-refractivity contribution in [3.63, 3.8) is 0 Å². The van der Waals surface area contributed by atoms with Crippen molar-refractivity contribution in [1.82, 2.24) is 0 Å². The first-order valence-corrected chi connectivity index (χ1v) is 5.63. The molecule has 0 aliphatic heterocycles. The topological polar surface area (TPSA) is 46.3 Å². The molecule has 0 unspecified atom stereocenters. The van der Waals surface area contributed by atoms with Gasteiger partial charge in [-0.05, 0) is 30.7 Å². The maximum atomic E-state index is 11.9. The monoisotopic (exact) mass is 220 g/mol. The van der Waals surface area contributed by atoms with E-state index in [4.69, 9.17) is 5.73 Å². The molecule has 0 aromatic heterocycles. The van der Waals surface area contributed by atoms with E-state index in [1.165, 1.54) is 5.56 Å². The number of carbonyl (C=O) groups is 1. The second-order valence-corrected chi connectivity index (χ2v) is 4.06. The van der Waals surface area contributed by atoms with Crippen LogP contribution in [0.2, 0.25) is 0 Å². The molecule has 1 rings (SSSR count). The third kappa shape index (κ3) is 2.83. The summed E-state index contributed by atoms with van der Waals surface area (Å²) in [4.78, 5) is 13.9. The van der Waals surface area contributed by atoms with Gasteiger partial charge in [0, 0.05) is 31.8 Å². The second-order valence-electron chi connectivity index (χ2n) is 4.06. The van der Waals surface area contributed by atoms with Crippen LogP contribution in [0.4, 0.5) is 5.69 Å². The van der Waals surface area contributed by atoms with Gasteiger partial charge in [0.2, 0.25) is 0 Å². The van der Waals surface area contributed by atoms with Crippen molar-refractivity contribution in [2.45, 2.75) is 19.8 Å². The Hall–Kier alpha value is -1.35. The van der Waals surface area contributed by atoms with Crippen molar-refractivity contribution in [2.75, 3.05) is 25.5 Å². The maximum absolute atomic E-state index is 11.9. The van der Waals surface area contributed by atoms with Gasteiger partial charge in [0.25, 0.3) is 0 Å². The number of Topliss-reactive ketones (excluding diaryl/α,β-unsaturated/α-hetero) is 1. The first kappa shape index (κ1) is 12.7. The highest BCUT2D eigenvalue weighted by molar-refractivity contribution is 6.01. The molecule has 88 valence electrons. The standard InChI is InChI=1S/C13H20N2O/c1-4-10-5-6-12(15(2)3)11(9-10)13(16)7-8-14/h5-6,9H,4,7-8,14H2,1-3H3. The fraction of sp³-hybridized carbons (Fsp3) is 0.462. The normalized spacial score (nSPS) is 10.2. The van der Waals surface area contributed by atoms with Gasteiger partial charge < -0.3 is 10.6 Å². The molecule has 3 heteroatoms. The molecular weight excluding hydrogens is 200 g/mol. The Morgan fingerprint density at radius 1 is 1.38 bits per heavy atom. The number of nitrogens with zero attached hydrogens (tertiary/aromatic N) is 1. The zero-order valence-electron chi connectivity index (χ0n) is 10.3. The van der Waals surface area contributed by atoms with E-state index in [0.29, 0.717) is 13.0 Å². The molecule has 1 aromatic rings. The van der Waals surface area contributed by atoms with Gasteiger partial charge >= 0.3 is 0 Å². The molecule has 1 aromatic carbocycles. The van der Waals surface area contributed by atoms with Gasteiger partial charge in [-0.15, -0.1) is 0 Å². The minimum Gasteiger partial charge on any atom is -0.377 e. The lowest BCUT2D eigenvalue weighted by Gasteiger charge is -2.17. The van der Waals surface area contributed by atoms with E-state index in [2.05, 4.69) is 13.0 Å². The highest BCUT2D eigenvalue weighted by Gasteiger charge is 2.12. The predicted octanol–water partition coefficient (Wildman–Crippen LogP) is 1.85. The average Bonchev–Trinajstić information content (AvgIpc) is 2.28. The Morgan fingerprint density at radius 2 is 2.06 bits per heavy atom. The smallest absolute Gasteiger partial charge is 0.166 e. The van der Waals surface area contributed by atoms with Crippen LogP contribution in [-0.4, -0.2) is 26.4 Å². The van der Waals surface area contributed by atoms with Gasteiger partial charge in [0.05, 0.1) is 0 Å². The summed E-state index contributed by atoms with van der Waals surface area (Å²) in [5.41, 5.74) is 8.37. The van der Waals surface area contributed by atoms with E-state index in [1.54, 1.807) is 0 Å². The molecule has 0 fully saturated rings. The van der Waals surface area contributed by atoms with Crippen LogP contribution in [0.25, 0.3) is 0 Å². The number of carbonyl (C=O) groups excluding carboxylic acids is 1. The highest BCUT2D eigenvalue weighted by atomic mass is 16.1. The van der Waals surface area contributed by atoms with E-state index < -0.39 is 0 Å². The lowest BCUT2D eigenvalue weighted by Crippen LogP contribution is -2.16. The molecular formula is C13H20N2O. The summed E-state index contributed by atoms with van der Waals surface area (Å²) in [6.45, 7) is 2.49. The number of hydrogen-bond acceptors (Lipinski definition) is 3. The summed E-state index contributed by atoms with van der Waals surface area (Å²) in [5.74, 6) is 0.126. The summed E-state index contributed by atoms with van der Waals surface area (Å²) in [5, 5.41) is 0. The summed E-state index contributed by atoms with van der Waals surface area (Å²) < 4.78 is 0. The molecule has 0 saturated carbocycles. The Kier molecular flexibility index (Phi) is 4.50. The molecule has 2 N–H and O–H groups in total. The van der Waals surface area contributed by atoms with Crippen molar-refractivity contribution >= 4 is 11.5 Å². The van der Waals surface area contributed by atoms with Crippen LogP contribution in [-0.2, 0) is 6.42 Å². The minimum atomic E-state index is 0.126. The van der Waals surface area contributed by atoms with E-state index in [-0.39, 0.29) is 5.78 Å². The Labute approximate surface area is 97.2 Å². The fourth-order valence-electron chi connectivity index (χ4n) is 1.68. The predicted molar refractivity (Wildman–Crippen MR) is 68.1 cm³/mol. The van der Waals surface area contributed by atoms with Crippen LogP contribution in [0.1, 0.15) is 29.3 Å². The molecule has 0 bridgehead atoms. The van der Waals surface area contributed by atoms with Crippen molar-refractivity contribution in [3.05, 3.63) is 29.3 Å². The lowest BCUT2D eigenvalue weighted by molar-refractivity contribution is 0.0986. The SMILES string of the molecule is CCc1ccc(N(C)C)c(C(=O)CCN)c1. The van der Waals surface area contributed by atoms with Crippen LogP contribution in [0, 0.1) is 0 Å². The average molecular weight is 220 g/mol. The van der Waals surface area contributed by atoms with E-state index in [0.717, 1.165) is 17.7 Å². The molecule has 0 heterocycles. The first-order chi connectivity index (χ1) is 7.60. The Bertz CT molecular complexity index is 372. The molecule has 0 atom stereocenters. The molecule has 0 aliphatic carbocycles. The van der Waals surface area contributed by atoms with Gasteiger partial charge in [-0.1, -0.05) is 13.0 Å². The van der Waals surface area contributed by atoms with Crippen LogP contribution in [0.3, 0.4) is 0 Å². The first-order valence-electron chi connectivity index (χ1n) is 5.63. The van der Waals surface area contributed by atoms with Gasteiger partial charge in [0.15, 0.2) is 5.78 Å². The van der Waals surface area contributed by atoms with Crippen LogP contribution in [0.5, 0.6) is 0 Å². The highest BCUT2D eigenvalue weighted by Crippen LogP contribution is 2.22. The van der Waals surface area contributed by atoms with Crippen LogP contribution < -0.4 is 10.6 Å². The largest absolute Gasteiger partial charge is 0.377 e. The zero-order valence-corrected chi connectivity index (χ0v) is 10.3. The molecule has 3 nitrogen and oxygen atoms in total. The quantitative estimate of drug-likeness (QED) is 0.770. The number of hydrogen-bond donors (Lipinski definition) is 1. The minimum absolute atomic E-state index is 0.126. The maximum Gasteiger partial charge on any atom is 0.166 e. The molecule has 0 spiro atoms. The number of nitrogens with two attached hydrogens (primary N) is 1. The van der Waals surface area contributed by atoms with E-state index in [9.17, 15) is 4.79 Å². The van der Waals surface area contributed by atoms with Crippen LogP contribution >= 0.6 is 0 Å². The number of ketones is 1. The number of anilines is 1. The molecule has 0 radical (unpaired) electrons. The summed E-state index contributed by atoms with van der Waals surface area (Å²) in [6, 6.07) is 6.05. The summed E-state index contributed by atoms with van der Waals surface area (Å²) in [7, 11) is 3.89. The van der Waals surface area contributed by atoms with Gasteiger partial charge in [0.1, 0.15) is 0 Å². The molecule has 16 heavy (non-hydrogen) atoms. The van der Waals surface area contributed by atoms with Gasteiger partial charge in [-0.25, -0.2) is 0 Å². The zero-order chi connectivity index (χ0) is 12.1. The van der Waals surface area contributed by atoms with Gasteiger partial charge in [-0.3, -0.25) is 4.79 Å². The van der Waals surface area contributed by atoms with Crippen molar-refractivity contribution < 1.29 is 4.79 Å². The Morgan fingerprint density at radius 3 is 2.56 bits per heavy atom. The molecule has 0 saturated heterocycles. The summed E-state index contributed by atoms with van der Waals surface area (Å²) in [6.07, 6.45) is 1.35. The third-order valence-corrected chi connectivity index (χ3v) is 2.62. The van der Waals surface area contributed by atoms with E-state index in [1.807, 2.05) is 31.1 Å². The molecule has 0 amide bonds. The summed E-state index contributed by atoms with van der Waals surface area (Å²) >= 11 is 0. The second kappa shape index (κ2) is 5.66. The number of rotatable bonds is 5. The van der Waals surface area contributed by atoms with Crippen molar-refractivity contribution in [3.8, 4) is 0 Å². The Balaban J connectivity index is 3.14. The van der Waals surface area contributed by atoms with Crippen molar-refractivity contribution in [1.29, 1.82) is 0 Å². The van der Waals surface area contributed by atoms with Gasteiger partial charge in [-0.2, -0.15) is 0 Å². The fourth-order valence-corrected chi connectivity index (χ4v) is 1.68. The van der Waals surface area contributed by atoms with E-state index >= 15 is 0 Å². The number of aryl methyl sites for hydroxylation is 1. The van der Waals surface area contributed by atoms with Crippen LogP contribution in [0.15, 0.2) is 18.2 Å².